The van der Waals surface area contributed by atoms with Gasteiger partial charge < -0.3 is 9.80 Å². The number of likely N-dealkylation sites (tertiary alicyclic amines) is 2. The number of hydrogen-bond donors (Lipinski definition) is 0. The highest BCUT2D eigenvalue weighted by molar-refractivity contribution is 5.96. The van der Waals surface area contributed by atoms with Gasteiger partial charge in [0, 0.05) is 43.9 Å². The molecule has 0 bridgehead atoms. The molecule has 42 heavy (non-hydrogen) atoms. The SMILES string of the molecule is O=C(c1cc([N+](=O)[O-])cc([N+](=O)[O-])c1)N1CCC(C2CCN(C(=O)c3cc(C(F)(F)F)cc(C(F)(F)F)c3)CC2)CC1. The van der Waals surface area contributed by atoms with Crippen LogP contribution in [0.4, 0.5) is 37.7 Å². The predicted molar refractivity (Wildman–Crippen MR) is 133 cm³/mol. The minimum absolute atomic E-state index is 0.0274. The number of halogens is 6. The van der Waals surface area contributed by atoms with E-state index < -0.39 is 62.1 Å². The lowest BCUT2D eigenvalue weighted by atomic mass is 9.78. The highest BCUT2D eigenvalue weighted by Gasteiger charge is 2.39. The molecule has 0 saturated carbocycles. The van der Waals surface area contributed by atoms with Gasteiger partial charge in [-0.3, -0.25) is 29.8 Å². The van der Waals surface area contributed by atoms with Crippen LogP contribution in [0.5, 0.6) is 0 Å². The zero-order valence-electron chi connectivity index (χ0n) is 21.8. The molecule has 16 heteroatoms. The number of carbonyl (C=O) groups excluding carboxylic acids is 2. The summed E-state index contributed by atoms with van der Waals surface area (Å²) in [6.45, 7) is 0.836. The van der Waals surface area contributed by atoms with Gasteiger partial charge in [0.05, 0.1) is 32.6 Å². The van der Waals surface area contributed by atoms with Crippen LogP contribution in [-0.2, 0) is 12.4 Å². The molecule has 0 aliphatic carbocycles. The van der Waals surface area contributed by atoms with Crippen molar-refractivity contribution in [2.75, 3.05) is 26.2 Å². The van der Waals surface area contributed by atoms with E-state index >= 15 is 0 Å². The molecule has 2 aromatic carbocycles. The number of carbonyl (C=O) groups is 2. The second-order valence-corrected chi connectivity index (χ2v) is 10.3. The number of non-ortho nitro benzene ring substituents is 2. The maximum absolute atomic E-state index is 13.2. The van der Waals surface area contributed by atoms with Crippen LogP contribution in [0.15, 0.2) is 36.4 Å². The third-order valence-corrected chi connectivity index (χ3v) is 7.73. The molecule has 2 amide bonds. The van der Waals surface area contributed by atoms with Crippen LogP contribution >= 0.6 is 0 Å². The summed E-state index contributed by atoms with van der Waals surface area (Å²) in [5.41, 5.74) is -5.14. The first-order valence-electron chi connectivity index (χ1n) is 12.9. The van der Waals surface area contributed by atoms with Crippen LogP contribution in [0.1, 0.15) is 57.5 Å². The van der Waals surface area contributed by atoms with E-state index in [1.165, 1.54) is 9.80 Å². The molecule has 2 heterocycles. The Labute approximate surface area is 234 Å². The Balaban J connectivity index is 1.37. The fourth-order valence-electron chi connectivity index (χ4n) is 5.52. The lowest BCUT2D eigenvalue weighted by molar-refractivity contribution is -0.394. The highest BCUT2D eigenvalue weighted by Crippen LogP contribution is 2.38. The Bertz CT molecular complexity index is 1330. The molecule has 4 rings (SSSR count). The summed E-state index contributed by atoms with van der Waals surface area (Å²) >= 11 is 0. The van der Waals surface area contributed by atoms with Crippen molar-refractivity contribution in [1.82, 2.24) is 9.80 Å². The monoisotopic (exact) mass is 602 g/mol. The van der Waals surface area contributed by atoms with Crippen LogP contribution in [0.25, 0.3) is 0 Å². The van der Waals surface area contributed by atoms with Gasteiger partial charge >= 0.3 is 12.4 Å². The number of rotatable bonds is 5. The van der Waals surface area contributed by atoms with E-state index in [2.05, 4.69) is 0 Å². The Kier molecular flexibility index (Phi) is 8.46. The summed E-state index contributed by atoms with van der Waals surface area (Å²) in [4.78, 5) is 49.2. The summed E-state index contributed by atoms with van der Waals surface area (Å²) in [6, 6.07) is 3.55. The van der Waals surface area contributed by atoms with Gasteiger partial charge in [-0.15, -0.1) is 0 Å². The Morgan fingerprint density at radius 3 is 1.26 bits per heavy atom. The minimum Gasteiger partial charge on any atom is -0.339 e. The number of nitro benzene ring substituents is 2. The molecule has 2 fully saturated rings. The van der Waals surface area contributed by atoms with Gasteiger partial charge in [0.2, 0.25) is 0 Å². The lowest BCUT2D eigenvalue weighted by Gasteiger charge is -2.40. The average molecular weight is 602 g/mol. The van der Waals surface area contributed by atoms with Gasteiger partial charge in [-0.05, 0) is 55.7 Å². The standard InChI is InChI=1S/C26H24F6N4O6/c27-25(28,29)19-9-17(10-20(13-19)26(30,31)32)23(37)33-5-1-15(2-6-33)16-3-7-34(8-4-16)24(38)18-11-21(35(39)40)14-22(12-18)36(41)42/h9-16H,1-8H2. The molecular formula is C26H24F6N4O6. The van der Waals surface area contributed by atoms with Gasteiger partial charge in [0.15, 0.2) is 0 Å². The molecular weight excluding hydrogens is 578 g/mol. The second-order valence-electron chi connectivity index (χ2n) is 10.3. The maximum atomic E-state index is 13.2. The number of piperidine rings is 2. The van der Waals surface area contributed by atoms with Crippen molar-refractivity contribution in [1.29, 1.82) is 0 Å². The normalized spacial score (nSPS) is 17.3. The molecule has 0 spiro atoms. The maximum Gasteiger partial charge on any atom is 0.416 e. The first-order chi connectivity index (χ1) is 19.5. The smallest absolute Gasteiger partial charge is 0.339 e. The van der Waals surface area contributed by atoms with Crippen molar-refractivity contribution in [3.05, 3.63) is 78.9 Å². The van der Waals surface area contributed by atoms with E-state index in [9.17, 15) is 56.2 Å². The van der Waals surface area contributed by atoms with Crippen LogP contribution < -0.4 is 0 Å². The molecule has 0 aromatic heterocycles. The van der Waals surface area contributed by atoms with Crippen molar-refractivity contribution in [3.63, 3.8) is 0 Å². The molecule has 2 saturated heterocycles. The predicted octanol–water partition coefficient (Wildman–Crippen LogP) is 5.95. The first kappa shape index (κ1) is 30.7. The van der Waals surface area contributed by atoms with Gasteiger partial charge in [-0.25, -0.2) is 0 Å². The third-order valence-electron chi connectivity index (χ3n) is 7.73. The Morgan fingerprint density at radius 2 is 0.952 bits per heavy atom. The summed E-state index contributed by atoms with van der Waals surface area (Å²) < 4.78 is 79.2. The number of amides is 2. The fraction of sp³-hybridized carbons (Fsp3) is 0.462. The molecule has 2 aliphatic heterocycles. The molecule has 0 radical (unpaired) electrons. The summed E-state index contributed by atoms with van der Waals surface area (Å²) in [6.07, 6.45) is -8.11. The molecule has 2 aromatic rings. The Hall–Kier alpha value is -4.24. The molecule has 2 aliphatic rings. The fourth-order valence-corrected chi connectivity index (χ4v) is 5.52. The van der Waals surface area contributed by atoms with Crippen LogP contribution in [0.3, 0.4) is 0 Å². The zero-order valence-corrected chi connectivity index (χ0v) is 21.8. The molecule has 0 N–H and O–H groups in total. The van der Waals surface area contributed by atoms with E-state index in [0.29, 0.717) is 37.8 Å². The summed E-state index contributed by atoms with van der Waals surface area (Å²) in [5, 5.41) is 22.3. The number of nitrogens with zero attached hydrogens (tertiary/aromatic N) is 4. The van der Waals surface area contributed by atoms with Gasteiger partial charge in [-0.1, -0.05) is 0 Å². The van der Waals surface area contributed by atoms with E-state index in [1.807, 2.05) is 0 Å². The highest BCUT2D eigenvalue weighted by atomic mass is 19.4. The number of hydrogen-bond acceptors (Lipinski definition) is 6. The second kappa shape index (κ2) is 11.6. The minimum atomic E-state index is -5.07. The molecule has 10 nitrogen and oxygen atoms in total. The zero-order chi connectivity index (χ0) is 31.0. The van der Waals surface area contributed by atoms with E-state index in [0.717, 1.165) is 18.2 Å². The van der Waals surface area contributed by atoms with Crippen LogP contribution in [0, 0.1) is 32.1 Å². The van der Waals surface area contributed by atoms with Gasteiger partial charge in [0.25, 0.3) is 23.2 Å². The molecule has 0 unspecified atom stereocenters. The average Bonchev–Trinajstić information content (AvgIpc) is 2.95. The van der Waals surface area contributed by atoms with Crippen LogP contribution in [0.2, 0.25) is 0 Å². The summed E-state index contributed by atoms with van der Waals surface area (Å²) in [7, 11) is 0. The van der Waals surface area contributed by atoms with Crippen molar-refractivity contribution >= 4 is 23.2 Å². The van der Waals surface area contributed by atoms with Crippen molar-refractivity contribution in [3.8, 4) is 0 Å². The van der Waals surface area contributed by atoms with Crippen molar-refractivity contribution < 1.29 is 45.8 Å². The largest absolute Gasteiger partial charge is 0.416 e. The van der Waals surface area contributed by atoms with E-state index in [4.69, 9.17) is 0 Å². The third kappa shape index (κ3) is 6.79. The van der Waals surface area contributed by atoms with E-state index in [-0.39, 0.29) is 49.6 Å². The van der Waals surface area contributed by atoms with Crippen molar-refractivity contribution in [2.45, 2.75) is 38.0 Å². The van der Waals surface area contributed by atoms with Crippen molar-refractivity contribution in [2.24, 2.45) is 11.8 Å². The van der Waals surface area contributed by atoms with Crippen LogP contribution in [-0.4, -0.2) is 57.6 Å². The number of alkyl halides is 6. The van der Waals surface area contributed by atoms with Gasteiger partial charge in [-0.2, -0.15) is 26.3 Å². The topological polar surface area (TPSA) is 127 Å². The Morgan fingerprint density at radius 1 is 0.619 bits per heavy atom. The van der Waals surface area contributed by atoms with E-state index in [1.54, 1.807) is 0 Å². The number of benzene rings is 2. The first-order valence-corrected chi connectivity index (χ1v) is 12.9. The quantitative estimate of drug-likeness (QED) is 0.237. The summed E-state index contributed by atoms with van der Waals surface area (Å²) in [5.74, 6) is -1.29. The van der Waals surface area contributed by atoms with Gasteiger partial charge in [0.1, 0.15) is 0 Å². The number of nitro groups is 2. The molecule has 226 valence electrons. The molecule has 0 atom stereocenters. The lowest BCUT2D eigenvalue weighted by Crippen LogP contribution is -2.44.